The third-order valence-corrected chi connectivity index (χ3v) is 5.49. The van der Waals surface area contributed by atoms with Gasteiger partial charge in [0.05, 0.1) is 6.04 Å². The second-order valence-electron chi connectivity index (χ2n) is 6.90. The Bertz CT molecular complexity index is 806. The molecule has 0 saturated heterocycles. The van der Waals surface area contributed by atoms with E-state index in [2.05, 4.69) is 16.7 Å². The molecule has 7 nitrogen and oxygen atoms in total. The number of benzene rings is 1. The summed E-state index contributed by atoms with van der Waals surface area (Å²) in [6, 6.07) is 11.3. The number of amides is 2. The van der Waals surface area contributed by atoms with Crippen LogP contribution in [0.3, 0.4) is 0 Å². The van der Waals surface area contributed by atoms with Crippen LogP contribution >= 0.6 is 11.3 Å². The summed E-state index contributed by atoms with van der Waals surface area (Å²) >= 11 is 1.68. The molecule has 29 heavy (non-hydrogen) atoms. The first-order valence-electron chi connectivity index (χ1n) is 9.52. The summed E-state index contributed by atoms with van der Waals surface area (Å²) in [5, 5.41) is 16.7. The van der Waals surface area contributed by atoms with E-state index in [-0.39, 0.29) is 31.3 Å². The molecule has 2 rings (SSSR count). The number of carbonyl (C=O) groups is 3. The second kappa shape index (κ2) is 11.3. The van der Waals surface area contributed by atoms with Gasteiger partial charge in [0, 0.05) is 30.3 Å². The Labute approximate surface area is 174 Å². The van der Waals surface area contributed by atoms with Crippen molar-refractivity contribution in [3.05, 3.63) is 47.3 Å². The van der Waals surface area contributed by atoms with Gasteiger partial charge in [-0.1, -0.05) is 30.3 Å². The number of aliphatic carboxylic acids is 1. The Balaban J connectivity index is 1.84. The minimum Gasteiger partial charge on any atom is -0.481 e. The first kappa shape index (κ1) is 22.6. The first-order chi connectivity index (χ1) is 13.8. The second-order valence-corrected chi connectivity index (χ2v) is 7.85. The van der Waals surface area contributed by atoms with Crippen LogP contribution in [0.2, 0.25) is 0 Å². The van der Waals surface area contributed by atoms with Crippen LogP contribution in [-0.4, -0.2) is 41.5 Å². The summed E-state index contributed by atoms with van der Waals surface area (Å²) < 4.78 is 0. The molecule has 5 N–H and O–H groups in total. The predicted octanol–water partition coefficient (Wildman–Crippen LogP) is 2.16. The van der Waals surface area contributed by atoms with Crippen molar-refractivity contribution < 1.29 is 19.5 Å². The predicted molar refractivity (Wildman–Crippen MR) is 114 cm³/mol. The largest absolute Gasteiger partial charge is 0.481 e. The van der Waals surface area contributed by atoms with E-state index in [1.54, 1.807) is 18.3 Å². The summed E-state index contributed by atoms with van der Waals surface area (Å²) in [5.41, 5.74) is 7.42. The lowest BCUT2D eigenvalue weighted by Crippen LogP contribution is -2.47. The van der Waals surface area contributed by atoms with Crippen molar-refractivity contribution in [1.29, 1.82) is 0 Å². The molecule has 0 fully saturated rings. The van der Waals surface area contributed by atoms with Crippen LogP contribution in [0.5, 0.6) is 0 Å². The number of nitrogens with one attached hydrogen (secondary N) is 2. The number of primary amides is 1. The van der Waals surface area contributed by atoms with Crippen LogP contribution in [0.25, 0.3) is 10.4 Å². The summed E-state index contributed by atoms with van der Waals surface area (Å²) in [6.07, 6.45) is 1.09. The highest BCUT2D eigenvalue weighted by atomic mass is 32.1. The Morgan fingerprint density at radius 3 is 2.45 bits per heavy atom. The van der Waals surface area contributed by atoms with Crippen molar-refractivity contribution >= 4 is 29.1 Å². The molecule has 0 saturated carbocycles. The van der Waals surface area contributed by atoms with Crippen LogP contribution < -0.4 is 16.4 Å². The van der Waals surface area contributed by atoms with E-state index in [0.29, 0.717) is 12.8 Å². The lowest BCUT2D eigenvalue weighted by atomic mass is 10.1. The maximum absolute atomic E-state index is 12.3. The topological polar surface area (TPSA) is 122 Å². The summed E-state index contributed by atoms with van der Waals surface area (Å²) in [4.78, 5) is 35.5. The van der Waals surface area contributed by atoms with Crippen molar-refractivity contribution in [2.24, 2.45) is 5.73 Å². The monoisotopic (exact) mass is 417 g/mol. The molecule has 0 aliphatic carbocycles. The van der Waals surface area contributed by atoms with E-state index in [4.69, 9.17) is 10.8 Å². The molecular formula is C21H27N3O4S. The summed E-state index contributed by atoms with van der Waals surface area (Å²) in [7, 11) is 0. The zero-order valence-corrected chi connectivity index (χ0v) is 17.2. The van der Waals surface area contributed by atoms with Crippen molar-refractivity contribution in [1.82, 2.24) is 10.6 Å². The van der Waals surface area contributed by atoms with Gasteiger partial charge in [0.1, 0.15) is 0 Å². The molecule has 2 atom stereocenters. The Hall–Kier alpha value is -2.71. The molecule has 8 heteroatoms. The summed E-state index contributed by atoms with van der Waals surface area (Å²) in [5.74, 6) is -1.59. The molecule has 0 bridgehead atoms. The van der Waals surface area contributed by atoms with Gasteiger partial charge in [0.15, 0.2) is 0 Å². The van der Waals surface area contributed by atoms with Crippen molar-refractivity contribution in [2.75, 3.05) is 6.54 Å². The number of thiophene rings is 1. The third kappa shape index (κ3) is 8.05. The Morgan fingerprint density at radius 2 is 1.86 bits per heavy atom. The molecule has 1 aromatic heterocycles. The van der Waals surface area contributed by atoms with Crippen LogP contribution in [0.15, 0.2) is 41.8 Å². The molecule has 2 unspecified atom stereocenters. The van der Waals surface area contributed by atoms with Crippen molar-refractivity contribution in [3.63, 3.8) is 0 Å². The van der Waals surface area contributed by atoms with Gasteiger partial charge in [-0.3, -0.25) is 14.4 Å². The number of nitrogens with two attached hydrogens (primary N) is 1. The SMILES string of the molecule is CC(NCC(CCC(=O)O)NC(=O)CCc1ccc(-c2cccs2)cc1)C(N)=O. The number of carbonyl (C=O) groups excluding carboxylic acids is 2. The van der Waals surface area contributed by atoms with Gasteiger partial charge < -0.3 is 21.5 Å². The van der Waals surface area contributed by atoms with E-state index < -0.39 is 17.9 Å². The zero-order valence-electron chi connectivity index (χ0n) is 16.4. The van der Waals surface area contributed by atoms with Crippen LogP contribution in [-0.2, 0) is 20.8 Å². The summed E-state index contributed by atoms with van der Waals surface area (Å²) in [6.45, 7) is 1.90. The molecule has 0 radical (unpaired) electrons. The fraction of sp³-hybridized carbons (Fsp3) is 0.381. The molecule has 0 spiro atoms. The molecule has 2 aromatic rings. The van der Waals surface area contributed by atoms with Gasteiger partial charge in [-0.15, -0.1) is 11.3 Å². The standard InChI is InChI=1S/C21H27N3O4S/c1-14(21(22)28)23-13-17(9-11-20(26)27)24-19(25)10-6-15-4-7-16(8-5-15)18-3-2-12-29-18/h2-5,7-8,12,14,17,23H,6,9-11,13H2,1H3,(H2,22,28)(H,24,25)(H,26,27). The quantitative estimate of drug-likeness (QED) is 0.422. The fourth-order valence-electron chi connectivity index (χ4n) is 2.78. The van der Waals surface area contributed by atoms with Gasteiger partial charge >= 0.3 is 5.97 Å². The van der Waals surface area contributed by atoms with Crippen LogP contribution in [0.4, 0.5) is 0 Å². The molecule has 2 amide bonds. The number of carboxylic acid groups (broad SMARTS) is 1. The molecule has 156 valence electrons. The van der Waals surface area contributed by atoms with Crippen LogP contribution in [0, 0.1) is 0 Å². The lowest BCUT2D eigenvalue weighted by Gasteiger charge is -2.20. The molecule has 1 heterocycles. The molecule has 1 aromatic carbocycles. The van der Waals surface area contributed by atoms with Gasteiger partial charge in [0.25, 0.3) is 0 Å². The Kier molecular flexibility index (Phi) is 8.82. The van der Waals surface area contributed by atoms with Crippen molar-refractivity contribution in [3.8, 4) is 10.4 Å². The highest BCUT2D eigenvalue weighted by Crippen LogP contribution is 2.24. The molecule has 0 aliphatic rings. The van der Waals surface area contributed by atoms with Gasteiger partial charge in [0.2, 0.25) is 11.8 Å². The number of hydrogen-bond donors (Lipinski definition) is 4. The maximum Gasteiger partial charge on any atom is 0.303 e. The van der Waals surface area contributed by atoms with E-state index in [1.807, 2.05) is 35.7 Å². The number of carboxylic acids is 1. The number of aryl methyl sites for hydroxylation is 1. The minimum atomic E-state index is -0.932. The molecule has 0 aliphatic heterocycles. The van der Waals surface area contributed by atoms with Gasteiger partial charge in [-0.05, 0) is 42.3 Å². The van der Waals surface area contributed by atoms with Crippen LogP contribution in [0.1, 0.15) is 31.7 Å². The first-order valence-corrected chi connectivity index (χ1v) is 10.4. The van der Waals surface area contributed by atoms with E-state index in [1.165, 1.54) is 4.88 Å². The van der Waals surface area contributed by atoms with E-state index in [9.17, 15) is 14.4 Å². The number of hydrogen-bond acceptors (Lipinski definition) is 5. The Morgan fingerprint density at radius 1 is 1.14 bits per heavy atom. The zero-order chi connectivity index (χ0) is 21.2. The van der Waals surface area contributed by atoms with Crippen molar-refractivity contribution in [2.45, 2.75) is 44.7 Å². The van der Waals surface area contributed by atoms with Gasteiger partial charge in [-0.2, -0.15) is 0 Å². The fourth-order valence-corrected chi connectivity index (χ4v) is 3.51. The lowest BCUT2D eigenvalue weighted by molar-refractivity contribution is -0.137. The highest BCUT2D eigenvalue weighted by molar-refractivity contribution is 7.13. The minimum absolute atomic E-state index is 0.0677. The smallest absolute Gasteiger partial charge is 0.303 e. The number of rotatable bonds is 12. The van der Waals surface area contributed by atoms with E-state index >= 15 is 0 Å². The highest BCUT2D eigenvalue weighted by Gasteiger charge is 2.16. The third-order valence-electron chi connectivity index (χ3n) is 4.57. The average molecular weight is 418 g/mol. The molecular weight excluding hydrogens is 390 g/mol. The van der Waals surface area contributed by atoms with Gasteiger partial charge in [-0.25, -0.2) is 0 Å². The maximum atomic E-state index is 12.3. The van der Waals surface area contributed by atoms with E-state index in [0.717, 1.165) is 11.1 Å². The normalized spacial score (nSPS) is 12.9. The average Bonchev–Trinajstić information content (AvgIpc) is 3.23.